The first-order chi connectivity index (χ1) is 16.9. The minimum atomic E-state index is -0.635. The smallest absolute Gasteiger partial charge is 0.281 e. The van der Waals surface area contributed by atoms with Crippen LogP contribution in [-0.2, 0) is 0 Å². The normalized spacial score (nSPS) is 12.9. The Labute approximate surface area is 205 Å². The van der Waals surface area contributed by atoms with Crippen LogP contribution in [-0.4, -0.2) is 25.7 Å². The van der Waals surface area contributed by atoms with Crippen LogP contribution in [0.3, 0.4) is 0 Å². The molecule has 0 saturated heterocycles. The monoisotopic (exact) mass is 488 g/mol. The van der Waals surface area contributed by atoms with E-state index in [0.29, 0.717) is 17.1 Å². The van der Waals surface area contributed by atoms with Crippen LogP contribution in [0, 0.1) is 6.92 Å². The predicted octanol–water partition coefficient (Wildman–Crippen LogP) is 4.62. The van der Waals surface area contributed by atoms with Crippen LogP contribution in [0.2, 0.25) is 5.02 Å². The van der Waals surface area contributed by atoms with Gasteiger partial charge in [-0.2, -0.15) is 5.10 Å². The highest BCUT2D eigenvalue weighted by Gasteiger charge is 2.27. The number of nitrogens with one attached hydrogen (secondary N) is 1. The maximum atomic E-state index is 13.2. The number of carbonyl (C=O) groups is 1. The minimum absolute atomic E-state index is 0.151. The molecule has 3 heterocycles. The Morgan fingerprint density at radius 2 is 1.91 bits per heavy atom. The fourth-order valence-electron chi connectivity index (χ4n) is 3.46. The fraction of sp³-hybridized carbons (Fsp3) is 0.160. The number of aromatic nitrogens is 4. The zero-order chi connectivity index (χ0) is 24.5. The number of benzene rings is 1. The Morgan fingerprint density at radius 1 is 1.14 bits per heavy atom. The molecule has 176 valence electrons. The number of anilines is 2. The molecule has 0 bridgehead atoms. The third-order valence-corrected chi connectivity index (χ3v) is 5.90. The molecule has 10 heteroatoms. The lowest BCUT2D eigenvalue weighted by molar-refractivity contribution is 0.101. The van der Waals surface area contributed by atoms with Gasteiger partial charge in [0.2, 0.25) is 5.43 Å². The lowest BCUT2D eigenvalue weighted by Gasteiger charge is -2.11. The first-order valence-corrected chi connectivity index (χ1v) is 11.3. The summed E-state index contributed by atoms with van der Waals surface area (Å²) in [5.74, 6) is 0.465. The maximum Gasteiger partial charge on any atom is 0.281 e. The number of rotatable bonds is 6. The van der Waals surface area contributed by atoms with E-state index in [1.54, 1.807) is 29.1 Å². The summed E-state index contributed by atoms with van der Waals surface area (Å²) in [7, 11) is 0. The SMILES string of the molecule is Cc1ccc(-c2cn(C3CC3)nc(C(=O)Nc3ccc(Oc4ccnc(N)c4Cl)cn3)c2=O)cc1. The average Bonchev–Trinajstić information content (AvgIpc) is 3.70. The van der Waals surface area contributed by atoms with Crippen LogP contribution in [0.25, 0.3) is 11.1 Å². The maximum absolute atomic E-state index is 13.2. The molecule has 35 heavy (non-hydrogen) atoms. The van der Waals surface area contributed by atoms with E-state index in [2.05, 4.69) is 20.4 Å². The summed E-state index contributed by atoms with van der Waals surface area (Å²) in [5, 5.41) is 7.17. The van der Waals surface area contributed by atoms with Crippen molar-refractivity contribution in [2.75, 3.05) is 11.1 Å². The Kier molecular flexibility index (Phi) is 5.92. The first kappa shape index (κ1) is 22.5. The molecule has 3 aromatic heterocycles. The van der Waals surface area contributed by atoms with Crippen molar-refractivity contribution in [3.8, 4) is 22.6 Å². The van der Waals surface area contributed by atoms with Crippen LogP contribution in [0.4, 0.5) is 11.6 Å². The number of halogens is 1. The summed E-state index contributed by atoms with van der Waals surface area (Å²) in [4.78, 5) is 34.3. The van der Waals surface area contributed by atoms with Crippen LogP contribution < -0.4 is 21.2 Å². The van der Waals surface area contributed by atoms with Gasteiger partial charge in [0.1, 0.15) is 22.4 Å². The summed E-state index contributed by atoms with van der Waals surface area (Å²) in [6, 6.07) is 12.5. The standard InChI is InChI=1S/C25H21ClN6O3/c1-14-2-4-15(5-3-14)18-13-32(16-6-7-16)31-22(23(18)33)25(34)30-20-9-8-17(12-29-20)35-19-10-11-28-24(27)21(19)26/h2-5,8-13,16H,6-7H2,1H3,(H2,27,28)(H,29,30,34). The van der Waals surface area contributed by atoms with E-state index >= 15 is 0 Å². The van der Waals surface area contributed by atoms with Crippen LogP contribution in [0.15, 0.2) is 65.8 Å². The highest BCUT2D eigenvalue weighted by atomic mass is 35.5. The average molecular weight is 489 g/mol. The molecule has 1 aliphatic carbocycles. The second-order valence-electron chi connectivity index (χ2n) is 8.24. The highest BCUT2D eigenvalue weighted by molar-refractivity contribution is 6.34. The van der Waals surface area contributed by atoms with E-state index < -0.39 is 11.3 Å². The first-order valence-electron chi connectivity index (χ1n) is 10.9. The number of aryl methyl sites for hydroxylation is 1. The molecular formula is C25H21ClN6O3. The number of hydrogen-bond acceptors (Lipinski definition) is 7. The van der Waals surface area contributed by atoms with Gasteiger partial charge < -0.3 is 15.8 Å². The molecule has 5 rings (SSSR count). The van der Waals surface area contributed by atoms with E-state index in [9.17, 15) is 9.59 Å². The molecule has 0 aliphatic heterocycles. The van der Waals surface area contributed by atoms with Crippen molar-refractivity contribution in [2.24, 2.45) is 0 Å². The van der Waals surface area contributed by atoms with Gasteiger partial charge in [-0.15, -0.1) is 0 Å². The van der Waals surface area contributed by atoms with Gasteiger partial charge in [0.05, 0.1) is 12.2 Å². The van der Waals surface area contributed by atoms with Crippen LogP contribution in [0.5, 0.6) is 11.5 Å². The Morgan fingerprint density at radius 3 is 2.60 bits per heavy atom. The number of amides is 1. The number of pyridine rings is 2. The fourth-order valence-corrected chi connectivity index (χ4v) is 3.61. The van der Waals surface area contributed by atoms with Crippen LogP contribution in [0.1, 0.15) is 34.9 Å². The number of nitrogens with two attached hydrogens (primary N) is 1. The zero-order valence-electron chi connectivity index (χ0n) is 18.7. The van der Waals surface area contributed by atoms with Gasteiger partial charge in [-0.05, 0) is 37.5 Å². The third-order valence-electron chi connectivity index (χ3n) is 5.52. The molecule has 1 saturated carbocycles. The molecule has 3 N–H and O–H groups in total. The lowest BCUT2D eigenvalue weighted by atomic mass is 10.0. The zero-order valence-corrected chi connectivity index (χ0v) is 19.5. The Balaban J connectivity index is 1.39. The molecule has 1 aromatic carbocycles. The van der Waals surface area contributed by atoms with Gasteiger partial charge in [-0.1, -0.05) is 41.4 Å². The molecule has 9 nitrogen and oxygen atoms in total. The summed E-state index contributed by atoms with van der Waals surface area (Å²) >= 11 is 6.10. The Hall–Kier alpha value is -4.24. The van der Waals surface area contributed by atoms with Gasteiger partial charge in [0.25, 0.3) is 5.91 Å². The lowest BCUT2D eigenvalue weighted by Crippen LogP contribution is -2.27. The van der Waals surface area contributed by atoms with Gasteiger partial charge in [0, 0.05) is 24.0 Å². The van der Waals surface area contributed by atoms with E-state index in [0.717, 1.165) is 24.0 Å². The molecule has 0 atom stereocenters. The number of hydrogen-bond donors (Lipinski definition) is 2. The Bertz CT molecular complexity index is 1460. The number of nitrogens with zero attached hydrogens (tertiary/aromatic N) is 4. The predicted molar refractivity (Wildman–Crippen MR) is 133 cm³/mol. The summed E-state index contributed by atoms with van der Waals surface area (Å²) < 4.78 is 7.39. The quantitative estimate of drug-likeness (QED) is 0.405. The van der Waals surface area contributed by atoms with Crippen LogP contribution >= 0.6 is 11.6 Å². The summed E-state index contributed by atoms with van der Waals surface area (Å²) in [6.07, 6.45) is 6.54. The molecular weight excluding hydrogens is 468 g/mol. The van der Waals surface area contributed by atoms with Gasteiger partial charge in [0.15, 0.2) is 11.4 Å². The topological polar surface area (TPSA) is 125 Å². The number of ether oxygens (including phenoxy) is 1. The van der Waals surface area contributed by atoms with E-state index in [4.69, 9.17) is 22.1 Å². The van der Waals surface area contributed by atoms with Crippen molar-refractivity contribution in [3.05, 3.63) is 87.6 Å². The van der Waals surface area contributed by atoms with E-state index in [1.165, 1.54) is 12.4 Å². The third kappa shape index (κ3) is 4.85. The minimum Gasteiger partial charge on any atom is -0.454 e. The van der Waals surface area contributed by atoms with Crippen molar-refractivity contribution in [1.82, 2.24) is 19.7 Å². The molecule has 0 unspecified atom stereocenters. The van der Waals surface area contributed by atoms with E-state index in [-0.39, 0.29) is 28.4 Å². The molecule has 0 spiro atoms. The summed E-state index contributed by atoms with van der Waals surface area (Å²) in [6.45, 7) is 1.97. The molecule has 4 aromatic rings. The van der Waals surface area contributed by atoms with Crippen molar-refractivity contribution in [1.29, 1.82) is 0 Å². The molecule has 0 radical (unpaired) electrons. The number of carbonyl (C=O) groups excluding carboxylic acids is 1. The second kappa shape index (κ2) is 9.19. The van der Waals surface area contributed by atoms with Gasteiger partial charge in [-0.3, -0.25) is 14.3 Å². The van der Waals surface area contributed by atoms with Gasteiger partial charge >= 0.3 is 0 Å². The van der Waals surface area contributed by atoms with Crippen molar-refractivity contribution >= 4 is 29.1 Å². The van der Waals surface area contributed by atoms with Crippen molar-refractivity contribution in [3.63, 3.8) is 0 Å². The molecule has 1 fully saturated rings. The second-order valence-corrected chi connectivity index (χ2v) is 8.62. The molecule has 1 amide bonds. The van der Waals surface area contributed by atoms with Gasteiger partial charge in [-0.25, -0.2) is 9.97 Å². The number of nitrogen functional groups attached to an aromatic ring is 1. The highest BCUT2D eigenvalue weighted by Crippen LogP contribution is 2.34. The van der Waals surface area contributed by atoms with Crippen molar-refractivity contribution in [2.45, 2.75) is 25.8 Å². The summed E-state index contributed by atoms with van der Waals surface area (Å²) in [5.41, 5.74) is 7.32. The van der Waals surface area contributed by atoms with Crippen molar-refractivity contribution < 1.29 is 9.53 Å². The van der Waals surface area contributed by atoms with E-state index in [1.807, 2.05) is 31.2 Å². The largest absolute Gasteiger partial charge is 0.454 e. The molecule has 1 aliphatic rings.